The fourth-order valence-corrected chi connectivity index (χ4v) is 2.37. The van der Waals surface area contributed by atoms with Gasteiger partial charge in [0.15, 0.2) is 0 Å². The van der Waals surface area contributed by atoms with Crippen LogP contribution in [0.25, 0.3) is 0 Å². The zero-order valence-corrected chi connectivity index (χ0v) is 10.3. The first-order chi connectivity index (χ1) is 7.42. The summed E-state index contributed by atoms with van der Waals surface area (Å²) in [7, 11) is 0. The highest BCUT2D eigenvalue weighted by atomic mass is 19.1. The van der Waals surface area contributed by atoms with E-state index in [4.69, 9.17) is 0 Å². The maximum atomic E-state index is 13.9. The minimum atomic E-state index is -1.26. The van der Waals surface area contributed by atoms with Gasteiger partial charge in [-0.05, 0) is 51.3 Å². The van der Waals surface area contributed by atoms with E-state index in [1.807, 2.05) is 18.2 Å². The van der Waals surface area contributed by atoms with Crippen LogP contribution in [0.1, 0.15) is 44.7 Å². The molecule has 0 amide bonds. The fraction of sp³-hybridized carbons (Fsp3) is 0.571. The lowest BCUT2D eigenvalue weighted by Gasteiger charge is -2.26. The zero-order chi connectivity index (χ0) is 11.8. The Labute approximate surface area is 97.1 Å². The van der Waals surface area contributed by atoms with E-state index in [-0.39, 0.29) is 5.54 Å². The molecule has 0 saturated carbocycles. The Morgan fingerprint density at radius 1 is 1.38 bits per heavy atom. The van der Waals surface area contributed by atoms with Crippen LogP contribution in [-0.4, -0.2) is 6.54 Å². The van der Waals surface area contributed by atoms with Crippen molar-refractivity contribution in [3.63, 3.8) is 0 Å². The average Bonchev–Trinajstić information content (AvgIpc) is 2.66. The monoisotopic (exact) mass is 221 g/mol. The highest BCUT2D eigenvalue weighted by molar-refractivity contribution is 5.32. The number of hydrogen-bond donors (Lipinski definition) is 1. The second-order valence-corrected chi connectivity index (χ2v) is 5.42. The Morgan fingerprint density at radius 3 is 2.69 bits per heavy atom. The Balaban J connectivity index is 2.36. The lowest BCUT2D eigenvalue weighted by Crippen LogP contribution is -2.33. The van der Waals surface area contributed by atoms with Gasteiger partial charge in [-0.3, -0.25) is 0 Å². The lowest BCUT2D eigenvalue weighted by molar-refractivity contribution is 0.221. The van der Waals surface area contributed by atoms with E-state index >= 15 is 0 Å². The highest BCUT2D eigenvalue weighted by Gasteiger charge is 2.31. The van der Waals surface area contributed by atoms with Crippen molar-refractivity contribution in [1.29, 1.82) is 0 Å². The van der Waals surface area contributed by atoms with E-state index in [2.05, 4.69) is 18.3 Å². The van der Waals surface area contributed by atoms with Crippen molar-refractivity contribution in [1.82, 2.24) is 5.32 Å². The summed E-state index contributed by atoms with van der Waals surface area (Å²) >= 11 is 0. The van der Waals surface area contributed by atoms with Gasteiger partial charge in [0.05, 0.1) is 0 Å². The summed E-state index contributed by atoms with van der Waals surface area (Å²) < 4.78 is 13.9. The van der Waals surface area contributed by atoms with Crippen molar-refractivity contribution in [2.24, 2.45) is 0 Å². The summed E-state index contributed by atoms with van der Waals surface area (Å²) in [5.41, 5.74) is 0.736. The first-order valence-corrected chi connectivity index (χ1v) is 5.97. The standard InChI is InChI=1S/C14H20FN/c1-13(2,15)11-6-4-7-12(10-11)14(3)8-5-9-16-14/h4,6-7,10,16H,5,8-9H2,1-3H3. The Morgan fingerprint density at radius 2 is 2.12 bits per heavy atom. The number of nitrogens with one attached hydrogen (secondary N) is 1. The van der Waals surface area contributed by atoms with Crippen LogP contribution in [0.5, 0.6) is 0 Å². The number of hydrogen-bond acceptors (Lipinski definition) is 1. The maximum Gasteiger partial charge on any atom is 0.130 e. The molecule has 1 fully saturated rings. The second-order valence-electron chi connectivity index (χ2n) is 5.42. The molecular weight excluding hydrogens is 201 g/mol. The van der Waals surface area contributed by atoms with Gasteiger partial charge in [0, 0.05) is 5.54 Å². The van der Waals surface area contributed by atoms with Crippen molar-refractivity contribution < 1.29 is 4.39 Å². The van der Waals surface area contributed by atoms with E-state index in [1.54, 1.807) is 13.8 Å². The summed E-state index contributed by atoms with van der Waals surface area (Å²) in [5.74, 6) is 0. The topological polar surface area (TPSA) is 12.0 Å². The van der Waals surface area contributed by atoms with Gasteiger partial charge in [-0.1, -0.05) is 24.3 Å². The minimum absolute atomic E-state index is 0.0290. The van der Waals surface area contributed by atoms with Gasteiger partial charge in [-0.2, -0.15) is 0 Å². The predicted octanol–water partition coefficient (Wildman–Crippen LogP) is 3.49. The largest absolute Gasteiger partial charge is 0.308 e. The number of alkyl halides is 1. The first-order valence-electron chi connectivity index (χ1n) is 5.97. The predicted molar refractivity (Wildman–Crippen MR) is 65.2 cm³/mol. The number of rotatable bonds is 2. The Bertz CT molecular complexity index is 373. The molecule has 1 saturated heterocycles. The third-order valence-electron chi connectivity index (χ3n) is 3.55. The molecule has 0 spiro atoms. The molecule has 1 N–H and O–H groups in total. The van der Waals surface area contributed by atoms with E-state index in [0.29, 0.717) is 0 Å². The molecule has 0 aromatic heterocycles. The lowest BCUT2D eigenvalue weighted by atomic mass is 9.87. The van der Waals surface area contributed by atoms with Gasteiger partial charge in [0.1, 0.15) is 5.67 Å². The molecule has 0 bridgehead atoms. The zero-order valence-electron chi connectivity index (χ0n) is 10.3. The normalized spacial score (nSPS) is 26.0. The van der Waals surface area contributed by atoms with Crippen molar-refractivity contribution in [2.75, 3.05) is 6.54 Å². The van der Waals surface area contributed by atoms with E-state index < -0.39 is 5.67 Å². The molecule has 88 valence electrons. The van der Waals surface area contributed by atoms with Crippen LogP contribution in [0.4, 0.5) is 4.39 Å². The van der Waals surface area contributed by atoms with Gasteiger partial charge in [0.25, 0.3) is 0 Å². The smallest absolute Gasteiger partial charge is 0.130 e. The number of halogens is 1. The van der Waals surface area contributed by atoms with E-state index in [1.165, 1.54) is 12.0 Å². The van der Waals surface area contributed by atoms with Gasteiger partial charge in [0.2, 0.25) is 0 Å². The molecule has 1 aliphatic heterocycles. The third-order valence-corrected chi connectivity index (χ3v) is 3.55. The third kappa shape index (κ3) is 2.12. The molecule has 1 aliphatic rings. The van der Waals surface area contributed by atoms with Crippen molar-refractivity contribution in [3.8, 4) is 0 Å². The summed E-state index contributed by atoms with van der Waals surface area (Å²) in [6.45, 7) is 6.47. The molecule has 16 heavy (non-hydrogen) atoms. The van der Waals surface area contributed by atoms with Crippen molar-refractivity contribution in [3.05, 3.63) is 35.4 Å². The Kier molecular flexibility index (Phi) is 2.79. The Hall–Kier alpha value is -0.890. The summed E-state index contributed by atoms with van der Waals surface area (Å²) in [6, 6.07) is 7.91. The fourth-order valence-electron chi connectivity index (χ4n) is 2.37. The molecule has 1 nitrogen and oxygen atoms in total. The molecule has 1 aromatic carbocycles. The van der Waals surface area contributed by atoms with Crippen LogP contribution in [0.3, 0.4) is 0 Å². The van der Waals surface area contributed by atoms with Crippen molar-refractivity contribution in [2.45, 2.75) is 44.8 Å². The second kappa shape index (κ2) is 3.85. The molecule has 1 unspecified atom stereocenters. The maximum absolute atomic E-state index is 13.9. The molecule has 2 rings (SSSR count). The van der Waals surface area contributed by atoms with E-state index in [0.717, 1.165) is 18.5 Å². The molecule has 2 heteroatoms. The molecule has 1 atom stereocenters. The van der Waals surface area contributed by atoms with E-state index in [9.17, 15) is 4.39 Å². The average molecular weight is 221 g/mol. The van der Waals surface area contributed by atoms with Crippen LogP contribution in [0, 0.1) is 0 Å². The van der Waals surface area contributed by atoms with Crippen LogP contribution in [0.15, 0.2) is 24.3 Å². The minimum Gasteiger partial charge on any atom is -0.308 e. The van der Waals surface area contributed by atoms with Crippen LogP contribution in [0.2, 0.25) is 0 Å². The first kappa shape index (κ1) is 11.6. The van der Waals surface area contributed by atoms with Gasteiger partial charge in [-0.25, -0.2) is 4.39 Å². The molecule has 0 radical (unpaired) electrons. The van der Waals surface area contributed by atoms with Gasteiger partial charge >= 0.3 is 0 Å². The van der Waals surface area contributed by atoms with Gasteiger partial charge < -0.3 is 5.32 Å². The molecule has 1 heterocycles. The quantitative estimate of drug-likeness (QED) is 0.806. The summed E-state index contributed by atoms with van der Waals surface area (Å²) in [5, 5.41) is 3.51. The van der Waals surface area contributed by atoms with Crippen LogP contribution >= 0.6 is 0 Å². The molecule has 0 aliphatic carbocycles. The van der Waals surface area contributed by atoms with Gasteiger partial charge in [-0.15, -0.1) is 0 Å². The number of benzene rings is 1. The highest BCUT2D eigenvalue weighted by Crippen LogP contribution is 2.33. The molecular formula is C14H20FN. The van der Waals surface area contributed by atoms with Crippen molar-refractivity contribution >= 4 is 0 Å². The summed E-state index contributed by atoms with van der Waals surface area (Å²) in [6.07, 6.45) is 2.32. The van der Waals surface area contributed by atoms with Crippen LogP contribution in [-0.2, 0) is 11.2 Å². The molecule has 1 aromatic rings. The summed E-state index contributed by atoms with van der Waals surface area (Å²) in [4.78, 5) is 0. The van der Waals surface area contributed by atoms with Crippen LogP contribution < -0.4 is 5.32 Å². The SMILES string of the molecule is CC(C)(F)c1cccc(C2(C)CCCN2)c1.